The Balaban J connectivity index is 2.48. The van der Waals surface area contributed by atoms with Crippen molar-refractivity contribution in [2.75, 3.05) is 0 Å². The van der Waals surface area contributed by atoms with Gasteiger partial charge in [-0.2, -0.15) is 0 Å². The summed E-state index contributed by atoms with van der Waals surface area (Å²) in [5.74, 6) is 0. The van der Waals surface area contributed by atoms with E-state index in [-0.39, 0.29) is 6.04 Å². The first-order valence-corrected chi connectivity index (χ1v) is 3.41. The summed E-state index contributed by atoms with van der Waals surface area (Å²) in [5.41, 5.74) is 1.02. The van der Waals surface area contributed by atoms with E-state index in [2.05, 4.69) is 11.7 Å². The molecule has 0 radical (unpaired) electrons. The van der Waals surface area contributed by atoms with Crippen LogP contribution in [0.15, 0.2) is 4.99 Å². The van der Waals surface area contributed by atoms with E-state index in [1.165, 1.54) is 12.8 Å². The molecule has 2 N–H and O–H groups in total. The number of aliphatic imine (C=N–C) groups is 1. The van der Waals surface area contributed by atoms with Crippen LogP contribution >= 0.6 is 0 Å². The highest BCUT2D eigenvalue weighted by molar-refractivity contribution is 5.85. The first-order valence-electron chi connectivity index (χ1n) is 3.41. The zero-order valence-electron chi connectivity index (χ0n) is 5.64. The van der Waals surface area contributed by atoms with Crippen molar-refractivity contribution < 1.29 is 5.41 Å². The van der Waals surface area contributed by atoms with Gasteiger partial charge in [-0.15, -0.1) is 0 Å². The number of nitrogens with two attached hydrogens (primary N) is 1. The average Bonchev–Trinajstić information content (AvgIpc) is 1.89. The van der Waals surface area contributed by atoms with E-state index in [9.17, 15) is 0 Å². The maximum Gasteiger partial charge on any atom is 0.173 e. The Morgan fingerprint density at radius 1 is 1.56 bits per heavy atom. The van der Waals surface area contributed by atoms with Crippen molar-refractivity contribution in [2.24, 2.45) is 4.99 Å². The van der Waals surface area contributed by atoms with E-state index in [4.69, 9.17) is 5.41 Å². The van der Waals surface area contributed by atoms with Crippen molar-refractivity contribution in [2.45, 2.75) is 31.7 Å². The molecule has 1 atom stereocenters. The fourth-order valence-corrected chi connectivity index (χ4v) is 1.23. The molecule has 9 heavy (non-hydrogen) atoms. The first kappa shape index (κ1) is 6.46. The molecule has 2 nitrogen and oxygen atoms in total. The standard InChI is InChI=1S/C7H12N2/c1-9-7-5-3-2-4-6(7)8/h7-8H,1-5H2/p+1/t7-/m1/s1. The number of nitrogens with zero attached hydrogens (tertiary/aromatic N) is 1. The highest BCUT2D eigenvalue weighted by atomic mass is 14.8. The molecule has 0 bridgehead atoms. The topological polar surface area (TPSA) is 38.0 Å². The highest BCUT2D eigenvalue weighted by Gasteiger charge is 2.20. The molecule has 1 fully saturated rings. The third-order valence-electron chi connectivity index (χ3n) is 1.84. The maximum atomic E-state index is 5.67. The molecule has 0 spiro atoms. The molecular weight excluding hydrogens is 112 g/mol. The van der Waals surface area contributed by atoms with Crippen molar-refractivity contribution in [1.29, 1.82) is 0 Å². The van der Waals surface area contributed by atoms with Crippen molar-refractivity contribution in [3.8, 4) is 0 Å². The molecule has 2 heteroatoms. The molecule has 1 aliphatic rings. The monoisotopic (exact) mass is 125 g/mol. The fraction of sp³-hybridized carbons (Fsp3) is 0.714. The Labute approximate surface area is 55.5 Å². The summed E-state index contributed by atoms with van der Waals surface area (Å²) >= 11 is 0. The van der Waals surface area contributed by atoms with Gasteiger partial charge in [-0.1, -0.05) is 6.42 Å². The van der Waals surface area contributed by atoms with E-state index in [1.54, 1.807) is 0 Å². The quantitative estimate of drug-likeness (QED) is 0.472. The largest absolute Gasteiger partial charge is 0.287 e. The zero-order valence-corrected chi connectivity index (χ0v) is 5.64. The van der Waals surface area contributed by atoms with Crippen molar-refractivity contribution in [3.05, 3.63) is 0 Å². The molecule has 1 aliphatic carbocycles. The van der Waals surface area contributed by atoms with Gasteiger partial charge in [0.2, 0.25) is 0 Å². The molecule has 0 saturated heterocycles. The minimum atomic E-state index is 0.263. The van der Waals surface area contributed by atoms with E-state index in [0.29, 0.717) is 0 Å². The average molecular weight is 125 g/mol. The molecular formula is C7H13N2+. The SMILES string of the molecule is C=N[C@@H]1CCCCC1=[NH2+]. The summed E-state index contributed by atoms with van der Waals surface area (Å²) in [6.07, 6.45) is 4.64. The lowest BCUT2D eigenvalue weighted by molar-refractivity contribution is -0.121. The van der Waals surface area contributed by atoms with Gasteiger partial charge in [0.15, 0.2) is 5.71 Å². The number of hydrogen-bond donors (Lipinski definition) is 1. The van der Waals surface area contributed by atoms with E-state index < -0.39 is 0 Å². The minimum Gasteiger partial charge on any atom is -0.287 e. The predicted molar refractivity (Wildman–Crippen MR) is 38.7 cm³/mol. The smallest absolute Gasteiger partial charge is 0.173 e. The van der Waals surface area contributed by atoms with Gasteiger partial charge >= 0.3 is 0 Å². The molecule has 0 aromatic carbocycles. The van der Waals surface area contributed by atoms with Gasteiger partial charge in [-0.3, -0.25) is 10.4 Å². The van der Waals surface area contributed by atoms with Crippen molar-refractivity contribution >= 4 is 12.4 Å². The van der Waals surface area contributed by atoms with Gasteiger partial charge in [0.05, 0.1) is 0 Å². The number of hydrogen-bond acceptors (Lipinski definition) is 1. The van der Waals surface area contributed by atoms with Gasteiger partial charge in [0.1, 0.15) is 6.04 Å². The van der Waals surface area contributed by atoms with Crippen LogP contribution in [-0.2, 0) is 0 Å². The Kier molecular flexibility index (Phi) is 1.98. The molecule has 0 aromatic rings. The molecule has 50 valence electrons. The van der Waals surface area contributed by atoms with Crippen LogP contribution in [0.1, 0.15) is 25.7 Å². The Hall–Kier alpha value is -0.660. The second-order valence-electron chi connectivity index (χ2n) is 2.52. The summed E-state index contributed by atoms with van der Waals surface area (Å²) in [4.78, 5) is 3.92. The first-order chi connectivity index (χ1) is 4.34. The fourth-order valence-electron chi connectivity index (χ4n) is 1.23. The molecule has 0 aliphatic heterocycles. The summed E-state index contributed by atoms with van der Waals surface area (Å²) in [6, 6.07) is 0.263. The minimum absolute atomic E-state index is 0.263. The van der Waals surface area contributed by atoms with Crippen molar-refractivity contribution in [3.63, 3.8) is 0 Å². The van der Waals surface area contributed by atoms with Gasteiger partial charge in [0, 0.05) is 6.42 Å². The maximum absolute atomic E-state index is 5.67. The lowest BCUT2D eigenvalue weighted by Gasteiger charge is -2.13. The van der Waals surface area contributed by atoms with Crippen LogP contribution in [0.5, 0.6) is 0 Å². The van der Waals surface area contributed by atoms with Crippen LogP contribution in [0, 0.1) is 0 Å². The van der Waals surface area contributed by atoms with Gasteiger partial charge < -0.3 is 0 Å². The Morgan fingerprint density at radius 3 is 2.78 bits per heavy atom. The Morgan fingerprint density at radius 2 is 2.33 bits per heavy atom. The van der Waals surface area contributed by atoms with Gasteiger partial charge in [0.25, 0.3) is 0 Å². The normalized spacial score (nSPS) is 28.0. The predicted octanol–water partition coefficient (Wildman–Crippen LogP) is -0.170. The van der Waals surface area contributed by atoms with Crippen LogP contribution in [0.4, 0.5) is 0 Å². The molecule has 0 aromatic heterocycles. The third-order valence-corrected chi connectivity index (χ3v) is 1.84. The molecule has 1 rings (SSSR count). The van der Waals surface area contributed by atoms with Crippen LogP contribution < -0.4 is 5.41 Å². The highest BCUT2D eigenvalue weighted by Crippen LogP contribution is 2.14. The summed E-state index contributed by atoms with van der Waals surface area (Å²) in [6.45, 7) is 3.48. The van der Waals surface area contributed by atoms with Crippen molar-refractivity contribution in [1.82, 2.24) is 0 Å². The molecule has 1 saturated carbocycles. The second-order valence-corrected chi connectivity index (χ2v) is 2.52. The summed E-state index contributed by atoms with van der Waals surface area (Å²) < 4.78 is 0. The molecule has 0 heterocycles. The van der Waals surface area contributed by atoms with E-state index >= 15 is 0 Å². The van der Waals surface area contributed by atoms with Crippen LogP contribution in [0.3, 0.4) is 0 Å². The number of rotatable bonds is 1. The van der Waals surface area contributed by atoms with Crippen LogP contribution in [0.25, 0.3) is 0 Å². The Bertz CT molecular complexity index is 129. The van der Waals surface area contributed by atoms with Crippen LogP contribution in [-0.4, -0.2) is 18.5 Å². The lowest BCUT2D eigenvalue weighted by Crippen LogP contribution is -2.47. The third kappa shape index (κ3) is 1.37. The zero-order chi connectivity index (χ0) is 6.69. The van der Waals surface area contributed by atoms with E-state index in [0.717, 1.165) is 18.6 Å². The van der Waals surface area contributed by atoms with Gasteiger partial charge in [-0.05, 0) is 19.6 Å². The summed E-state index contributed by atoms with van der Waals surface area (Å²) in [7, 11) is 0. The van der Waals surface area contributed by atoms with Crippen LogP contribution in [0.2, 0.25) is 0 Å². The van der Waals surface area contributed by atoms with Gasteiger partial charge in [-0.25, -0.2) is 0 Å². The lowest BCUT2D eigenvalue weighted by atomic mass is 9.94. The molecule has 0 amide bonds. The summed E-state index contributed by atoms with van der Waals surface area (Å²) in [5, 5.41) is 5.67. The van der Waals surface area contributed by atoms with E-state index in [1.807, 2.05) is 0 Å². The molecule has 0 unspecified atom stereocenters. The second kappa shape index (κ2) is 2.76.